The van der Waals surface area contributed by atoms with Crippen LogP contribution in [0.25, 0.3) is 0 Å². The third kappa shape index (κ3) is 3.41. The van der Waals surface area contributed by atoms with Gasteiger partial charge in [0, 0.05) is 26.0 Å². The molecule has 0 aliphatic carbocycles. The molecule has 0 N–H and O–H groups in total. The molecule has 1 aliphatic heterocycles. The minimum absolute atomic E-state index is 0.929. The van der Waals surface area contributed by atoms with Crippen LogP contribution in [0, 0.1) is 0 Å². The van der Waals surface area contributed by atoms with E-state index in [2.05, 4.69) is 41.4 Å². The van der Waals surface area contributed by atoms with Crippen molar-refractivity contribution >= 4 is 0 Å². The highest BCUT2D eigenvalue weighted by Gasteiger charge is 2.07. The van der Waals surface area contributed by atoms with Gasteiger partial charge in [-0.25, -0.2) is 0 Å². The Hall–Kier alpha value is -1.64. The van der Waals surface area contributed by atoms with Crippen molar-refractivity contribution in [2.75, 3.05) is 27.4 Å². The molecule has 1 aromatic rings. The zero-order chi connectivity index (χ0) is 12.1. The first-order valence-corrected chi connectivity index (χ1v) is 6.03. The number of methoxy groups -OCH3 is 1. The van der Waals surface area contributed by atoms with Gasteiger partial charge < -0.3 is 14.5 Å². The monoisotopic (exact) mass is 232 g/mol. The van der Waals surface area contributed by atoms with E-state index in [1.807, 2.05) is 12.1 Å². The Balaban J connectivity index is 1.72. The quantitative estimate of drug-likeness (QED) is 0.774. The predicted molar refractivity (Wildman–Crippen MR) is 69.8 cm³/mol. The number of hydrogen-bond donors (Lipinski definition) is 0. The van der Waals surface area contributed by atoms with Crippen molar-refractivity contribution in [3.8, 4) is 5.75 Å². The maximum Gasteiger partial charge on any atom is 0.118 e. The van der Waals surface area contributed by atoms with Gasteiger partial charge in [-0.15, -0.1) is 0 Å². The number of rotatable bonds is 5. The van der Waals surface area contributed by atoms with Gasteiger partial charge in [0.05, 0.1) is 13.8 Å². The summed E-state index contributed by atoms with van der Waals surface area (Å²) in [5.41, 5.74) is 1.38. The fraction of sp³-hybridized carbons (Fsp3) is 0.429. The Bertz CT molecular complexity index is 372. The predicted octanol–water partition coefficient (Wildman–Crippen LogP) is 2.30. The molecule has 0 atom stereocenters. The topological polar surface area (TPSA) is 15.7 Å². The van der Waals surface area contributed by atoms with Crippen LogP contribution in [-0.2, 0) is 6.42 Å². The number of ether oxygens (including phenoxy) is 1. The van der Waals surface area contributed by atoms with Gasteiger partial charge in [0.2, 0.25) is 0 Å². The molecule has 0 aromatic heterocycles. The molecule has 2 rings (SSSR count). The summed E-state index contributed by atoms with van der Waals surface area (Å²) in [6, 6.07) is 8.34. The van der Waals surface area contributed by atoms with Crippen LogP contribution in [0.4, 0.5) is 0 Å². The molecule has 0 radical (unpaired) electrons. The van der Waals surface area contributed by atoms with Crippen molar-refractivity contribution in [2.24, 2.45) is 0 Å². The second-order valence-electron chi connectivity index (χ2n) is 4.46. The first kappa shape index (κ1) is 11.8. The van der Waals surface area contributed by atoms with Crippen molar-refractivity contribution in [3.63, 3.8) is 0 Å². The number of benzene rings is 1. The molecular formula is C14H20N2O. The standard InChI is InChI=1S/C14H20N2O/c1-15-10-11-16(12-15)9-3-4-13-5-7-14(17-2)8-6-13/h5-8,10-11H,3-4,9,12H2,1-2H3. The van der Waals surface area contributed by atoms with E-state index in [-0.39, 0.29) is 0 Å². The van der Waals surface area contributed by atoms with E-state index in [1.54, 1.807) is 7.11 Å². The lowest BCUT2D eigenvalue weighted by molar-refractivity contribution is 0.294. The first-order chi connectivity index (χ1) is 8.28. The highest BCUT2D eigenvalue weighted by Crippen LogP contribution is 2.13. The molecule has 0 amide bonds. The van der Waals surface area contributed by atoms with Crippen LogP contribution >= 0.6 is 0 Å². The van der Waals surface area contributed by atoms with Gasteiger partial charge in [0.1, 0.15) is 5.75 Å². The number of hydrogen-bond acceptors (Lipinski definition) is 3. The van der Waals surface area contributed by atoms with E-state index < -0.39 is 0 Å². The summed E-state index contributed by atoms with van der Waals surface area (Å²) in [6.07, 6.45) is 6.59. The minimum atomic E-state index is 0.929. The third-order valence-corrected chi connectivity index (χ3v) is 3.01. The second kappa shape index (κ2) is 5.62. The average Bonchev–Trinajstić information content (AvgIpc) is 2.76. The van der Waals surface area contributed by atoms with Crippen molar-refractivity contribution in [2.45, 2.75) is 12.8 Å². The lowest BCUT2D eigenvalue weighted by atomic mass is 10.1. The summed E-state index contributed by atoms with van der Waals surface area (Å²) in [5, 5.41) is 0. The summed E-state index contributed by atoms with van der Waals surface area (Å²) in [5.74, 6) is 0.929. The van der Waals surface area contributed by atoms with Gasteiger partial charge in [-0.2, -0.15) is 0 Å². The fourth-order valence-electron chi connectivity index (χ4n) is 2.01. The largest absolute Gasteiger partial charge is 0.497 e. The Morgan fingerprint density at radius 3 is 2.53 bits per heavy atom. The Kier molecular flexibility index (Phi) is 3.91. The molecule has 0 saturated carbocycles. The van der Waals surface area contributed by atoms with Gasteiger partial charge in [-0.05, 0) is 30.5 Å². The van der Waals surface area contributed by atoms with Gasteiger partial charge in [-0.3, -0.25) is 0 Å². The minimum Gasteiger partial charge on any atom is -0.497 e. The lowest BCUT2D eigenvalue weighted by Gasteiger charge is -2.17. The molecule has 3 heteroatoms. The molecule has 17 heavy (non-hydrogen) atoms. The molecule has 0 spiro atoms. The Morgan fingerprint density at radius 1 is 1.18 bits per heavy atom. The summed E-state index contributed by atoms with van der Waals surface area (Å²) in [4.78, 5) is 4.52. The molecule has 3 nitrogen and oxygen atoms in total. The summed E-state index contributed by atoms with van der Waals surface area (Å²) >= 11 is 0. The molecule has 0 unspecified atom stereocenters. The highest BCUT2D eigenvalue weighted by molar-refractivity contribution is 5.27. The van der Waals surface area contributed by atoms with E-state index in [9.17, 15) is 0 Å². The summed E-state index contributed by atoms with van der Waals surface area (Å²) in [6.45, 7) is 2.13. The first-order valence-electron chi connectivity index (χ1n) is 6.03. The SMILES string of the molecule is COc1ccc(CCCN2C=CN(C)C2)cc1. The van der Waals surface area contributed by atoms with Crippen LogP contribution in [0.1, 0.15) is 12.0 Å². The maximum absolute atomic E-state index is 5.14. The fourth-order valence-corrected chi connectivity index (χ4v) is 2.01. The lowest BCUT2D eigenvalue weighted by Crippen LogP contribution is -2.23. The second-order valence-corrected chi connectivity index (χ2v) is 4.46. The molecule has 0 bridgehead atoms. The van der Waals surface area contributed by atoms with Crippen LogP contribution in [0.2, 0.25) is 0 Å². The van der Waals surface area contributed by atoms with Gasteiger partial charge in [0.25, 0.3) is 0 Å². The van der Waals surface area contributed by atoms with E-state index in [0.717, 1.165) is 25.4 Å². The normalized spacial score (nSPS) is 14.5. The number of nitrogens with zero attached hydrogens (tertiary/aromatic N) is 2. The highest BCUT2D eigenvalue weighted by atomic mass is 16.5. The van der Waals surface area contributed by atoms with E-state index >= 15 is 0 Å². The van der Waals surface area contributed by atoms with E-state index in [0.29, 0.717) is 0 Å². The van der Waals surface area contributed by atoms with Crippen LogP contribution < -0.4 is 4.74 Å². The van der Waals surface area contributed by atoms with Gasteiger partial charge in [-0.1, -0.05) is 12.1 Å². The van der Waals surface area contributed by atoms with Crippen molar-refractivity contribution in [1.29, 1.82) is 0 Å². The van der Waals surface area contributed by atoms with Crippen molar-refractivity contribution < 1.29 is 4.74 Å². The molecule has 1 heterocycles. The van der Waals surface area contributed by atoms with Gasteiger partial charge in [0.15, 0.2) is 0 Å². The zero-order valence-corrected chi connectivity index (χ0v) is 10.6. The molecular weight excluding hydrogens is 212 g/mol. The Morgan fingerprint density at radius 2 is 1.94 bits per heavy atom. The molecule has 0 saturated heterocycles. The average molecular weight is 232 g/mol. The van der Waals surface area contributed by atoms with Gasteiger partial charge >= 0.3 is 0 Å². The molecule has 1 aromatic carbocycles. The van der Waals surface area contributed by atoms with E-state index in [1.165, 1.54) is 12.0 Å². The molecule has 1 aliphatic rings. The van der Waals surface area contributed by atoms with Crippen LogP contribution in [0.15, 0.2) is 36.7 Å². The molecule has 0 fully saturated rings. The zero-order valence-electron chi connectivity index (χ0n) is 10.6. The Labute approximate surface area is 103 Å². The van der Waals surface area contributed by atoms with E-state index in [4.69, 9.17) is 4.74 Å². The van der Waals surface area contributed by atoms with Crippen molar-refractivity contribution in [3.05, 3.63) is 42.2 Å². The smallest absolute Gasteiger partial charge is 0.118 e. The summed E-state index contributed by atoms with van der Waals surface area (Å²) < 4.78 is 5.14. The maximum atomic E-state index is 5.14. The molecule has 92 valence electrons. The van der Waals surface area contributed by atoms with Crippen LogP contribution in [-0.4, -0.2) is 37.2 Å². The third-order valence-electron chi connectivity index (χ3n) is 3.01. The van der Waals surface area contributed by atoms with Crippen LogP contribution in [0.3, 0.4) is 0 Å². The van der Waals surface area contributed by atoms with Crippen LogP contribution in [0.5, 0.6) is 5.75 Å². The summed E-state index contributed by atoms with van der Waals surface area (Å²) in [7, 11) is 3.80. The van der Waals surface area contributed by atoms with Crippen molar-refractivity contribution in [1.82, 2.24) is 9.80 Å². The number of aryl methyl sites for hydroxylation is 1.